The molecule has 5 atom stereocenters. The van der Waals surface area contributed by atoms with Crippen LogP contribution in [0.4, 0.5) is 0 Å². The fourth-order valence-corrected chi connectivity index (χ4v) is 5.41. The van der Waals surface area contributed by atoms with Gasteiger partial charge in [0.05, 0.1) is 12.5 Å². The van der Waals surface area contributed by atoms with Crippen LogP contribution in [0.3, 0.4) is 0 Å². The molecular formula is C24H37NO3. The predicted octanol–water partition coefficient (Wildman–Crippen LogP) is 4.63. The van der Waals surface area contributed by atoms with Crippen LogP contribution in [0.25, 0.3) is 0 Å². The molecule has 0 radical (unpaired) electrons. The highest BCUT2D eigenvalue weighted by Crippen LogP contribution is 2.66. The monoisotopic (exact) mass is 387 g/mol. The minimum atomic E-state index is -0.568. The number of esters is 1. The molecule has 0 amide bonds. The molecule has 4 heteroatoms. The lowest BCUT2D eigenvalue weighted by atomic mass is 9.70. The molecule has 0 aliphatic heterocycles. The Balaban J connectivity index is 1.52. The van der Waals surface area contributed by atoms with Gasteiger partial charge >= 0.3 is 5.97 Å². The molecule has 2 fully saturated rings. The summed E-state index contributed by atoms with van der Waals surface area (Å²) < 4.78 is 6.01. The Bertz CT molecular complexity index is 659. The molecule has 0 heterocycles. The van der Waals surface area contributed by atoms with Crippen molar-refractivity contribution < 1.29 is 14.6 Å². The third-order valence-corrected chi connectivity index (χ3v) is 7.82. The molecule has 1 aromatic carbocycles. The molecule has 5 unspecified atom stereocenters. The number of ether oxygens (including phenoxy) is 1. The van der Waals surface area contributed by atoms with Crippen molar-refractivity contribution in [3.63, 3.8) is 0 Å². The van der Waals surface area contributed by atoms with Crippen molar-refractivity contribution in [3.8, 4) is 0 Å². The zero-order chi connectivity index (χ0) is 20.4. The number of fused-ring (bicyclic) bond motifs is 2. The standard InChI is InChI=1S/C24H37NO3/c1-5-9-19(25-16-20(26)17-10-7-6-8-11-17)15-22(27)28-21-14-18-12-13-24(21,4)23(18,2)3/h6-8,10-11,18-21,25-26H,5,9,12-16H2,1-4H3. The van der Waals surface area contributed by atoms with Gasteiger partial charge in [0.1, 0.15) is 6.10 Å². The minimum Gasteiger partial charge on any atom is -0.462 e. The van der Waals surface area contributed by atoms with Gasteiger partial charge in [0.15, 0.2) is 0 Å². The molecule has 2 aliphatic carbocycles. The Morgan fingerprint density at radius 1 is 1.29 bits per heavy atom. The molecule has 156 valence electrons. The Kier molecular flexibility index (Phi) is 6.51. The molecule has 1 aromatic rings. The van der Waals surface area contributed by atoms with Crippen LogP contribution in [0.1, 0.15) is 77.9 Å². The summed E-state index contributed by atoms with van der Waals surface area (Å²) in [7, 11) is 0. The summed E-state index contributed by atoms with van der Waals surface area (Å²) in [5.41, 5.74) is 1.24. The number of aliphatic hydroxyl groups is 1. The van der Waals surface area contributed by atoms with Gasteiger partial charge in [-0.05, 0) is 42.6 Å². The Labute approximate surface area is 170 Å². The molecule has 0 aromatic heterocycles. The van der Waals surface area contributed by atoms with Gasteiger partial charge in [-0.25, -0.2) is 0 Å². The number of benzene rings is 1. The second-order valence-corrected chi connectivity index (χ2v) is 9.61. The van der Waals surface area contributed by atoms with Crippen LogP contribution < -0.4 is 5.32 Å². The number of aliphatic hydroxyl groups excluding tert-OH is 1. The minimum absolute atomic E-state index is 0.0373. The summed E-state index contributed by atoms with van der Waals surface area (Å²) in [4.78, 5) is 12.7. The van der Waals surface area contributed by atoms with E-state index in [1.165, 1.54) is 6.42 Å². The van der Waals surface area contributed by atoms with E-state index >= 15 is 0 Å². The van der Waals surface area contributed by atoms with Crippen LogP contribution in [0, 0.1) is 16.7 Å². The number of hydrogen-bond acceptors (Lipinski definition) is 4. The third-order valence-electron chi connectivity index (χ3n) is 7.82. The van der Waals surface area contributed by atoms with Crippen molar-refractivity contribution in [1.29, 1.82) is 0 Å². The van der Waals surface area contributed by atoms with E-state index in [2.05, 4.69) is 33.0 Å². The molecule has 3 rings (SSSR count). The molecule has 0 saturated heterocycles. The lowest BCUT2D eigenvalue weighted by Gasteiger charge is -2.38. The van der Waals surface area contributed by atoms with Gasteiger partial charge in [-0.3, -0.25) is 4.79 Å². The first-order chi connectivity index (χ1) is 13.3. The first-order valence-corrected chi connectivity index (χ1v) is 10.9. The normalized spacial score (nSPS) is 30.2. The van der Waals surface area contributed by atoms with Gasteiger partial charge in [-0.2, -0.15) is 0 Å². The van der Waals surface area contributed by atoms with Crippen LogP contribution >= 0.6 is 0 Å². The number of carbonyl (C=O) groups is 1. The quantitative estimate of drug-likeness (QED) is 0.607. The van der Waals surface area contributed by atoms with Crippen LogP contribution in [0.5, 0.6) is 0 Å². The van der Waals surface area contributed by atoms with Crippen LogP contribution in [-0.2, 0) is 9.53 Å². The molecule has 28 heavy (non-hydrogen) atoms. The Morgan fingerprint density at radius 3 is 2.57 bits per heavy atom. The topological polar surface area (TPSA) is 58.6 Å². The molecular weight excluding hydrogens is 350 g/mol. The highest BCUT2D eigenvalue weighted by Gasteiger charge is 2.62. The number of rotatable bonds is 9. The maximum atomic E-state index is 12.7. The number of hydrogen-bond donors (Lipinski definition) is 2. The highest BCUT2D eigenvalue weighted by atomic mass is 16.5. The van der Waals surface area contributed by atoms with Gasteiger partial charge < -0.3 is 15.2 Å². The van der Waals surface area contributed by atoms with Crippen molar-refractivity contribution in [1.82, 2.24) is 5.32 Å². The van der Waals surface area contributed by atoms with E-state index in [1.54, 1.807) is 0 Å². The Hall–Kier alpha value is -1.39. The lowest BCUT2D eigenvalue weighted by Crippen LogP contribution is -2.40. The molecule has 0 spiro atoms. The SMILES string of the molecule is CCCC(CC(=O)OC1CC2CCC1(C)C2(C)C)NCC(O)c1ccccc1. The third kappa shape index (κ3) is 4.13. The smallest absolute Gasteiger partial charge is 0.307 e. The summed E-state index contributed by atoms with van der Waals surface area (Å²) in [6.45, 7) is 9.54. The average Bonchev–Trinajstić information content (AvgIpc) is 3.00. The Morgan fingerprint density at radius 2 is 2.00 bits per heavy atom. The van der Waals surface area contributed by atoms with Gasteiger partial charge in [-0.1, -0.05) is 64.4 Å². The van der Waals surface area contributed by atoms with Crippen molar-refractivity contribution in [2.75, 3.05) is 6.54 Å². The fraction of sp³-hybridized carbons (Fsp3) is 0.708. The van der Waals surface area contributed by atoms with E-state index < -0.39 is 6.10 Å². The summed E-state index contributed by atoms with van der Waals surface area (Å²) in [6, 6.07) is 9.68. The van der Waals surface area contributed by atoms with Crippen LogP contribution in [0.2, 0.25) is 0 Å². The zero-order valence-corrected chi connectivity index (χ0v) is 17.9. The van der Waals surface area contributed by atoms with E-state index in [9.17, 15) is 9.90 Å². The molecule has 2 bridgehead atoms. The molecule has 2 N–H and O–H groups in total. The largest absolute Gasteiger partial charge is 0.462 e. The van der Waals surface area contributed by atoms with Gasteiger partial charge in [0.2, 0.25) is 0 Å². The lowest BCUT2D eigenvalue weighted by molar-refractivity contribution is -0.157. The van der Waals surface area contributed by atoms with Crippen LogP contribution in [-0.4, -0.2) is 29.8 Å². The highest BCUT2D eigenvalue weighted by molar-refractivity contribution is 5.70. The average molecular weight is 388 g/mol. The van der Waals surface area contributed by atoms with Gasteiger partial charge in [0, 0.05) is 18.0 Å². The molecule has 2 saturated carbocycles. The number of nitrogens with one attached hydrogen (secondary N) is 1. The van der Waals surface area contributed by atoms with Crippen molar-refractivity contribution >= 4 is 5.97 Å². The number of carbonyl (C=O) groups excluding carboxylic acids is 1. The van der Waals surface area contributed by atoms with Crippen LogP contribution in [0.15, 0.2) is 30.3 Å². The van der Waals surface area contributed by atoms with E-state index in [0.29, 0.717) is 18.9 Å². The summed E-state index contributed by atoms with van der Waals surface area (Å²) in [5, 5.41) is 13.8. The van der Waals surface area contributed by atoms with Gasteiger partial charge in [-0.15, -0.1) is 0 Å². The van der Waals surface area contributed by atoms with E-state index in [4.69, 9.17) is 4.74 Å². The first kappa shape index (κ1) is 21.3. The van der Waals surface area contributed by atoms with E-state index in [-0.39, 0.29) is 28.9 Å². The van der Waals surface area contributed by atoms with E-state index in [0.717, 1.165) is 31.2 Å². The zero-order valence-electron chi connectivity index (χ0n) is 17.9. The van der Waals surface area contributed by atoms with Crippen molar-refractivity contribution in [2.45, 2.75) is 84.5 Å². The second-order valence-electron chi connectivity index (χ2n) is 9.61. The summed E-state index contributed by atoms with van der Waals surface area (Å²) >= 11 is 0. The maximum absolute atomic E-state index is 12.7. The summed E-state index contributed by atoms with van der Waals surface area (Å²) in [6.07, 6.45) is 5.15. The first-order valence-electron chi connectivity index (χ1n) is 10.9. The second kappa shape index (κ2) is 8.54. The van der Waals surface area contributed by atoms with E-state index in [1.807, 2.05) is 30.3 Å². The van der Waals surface area contributed by atoms with Gasteiger partial charge in [0.25, 0.3) is 0 Å². The predicted molar refractivity (Wildman–Crippen MR) is 112 cm³/mol. The fourth-order valence-electron chi connectivity index (χ4n) is 5.41. The molecule has 4 nitrogen and oxygen atoms in total. The maximum Gasteiger partial charge on any atom is 0.307 e. The van der Waals surface area contributed by atoms with Crippen molar-refractivity contribution in [3.05, 3.63) is 35.9 Å². The molecule has 2 aliphatic rings. The van der Waals surface area contributed by atoms with Crippen molar-refractivity contribution in [2.24, 2.45) is 16.7 Å². The summed E-state index contributed by atoms with van der Waals surface area (Å²) in [5.74, 6) is 0.565.